The molecule has 354 valence electrons. The van der Waals surface area contributed by atoms with E-state index in [-0.39, 0.29) is 0 Å². The van der Waals surface area contributed by atoms with E-state index in [0.29, 0.717) is 23.7 Å². The Labute approximate surface area is 392 Å². The van der Waals surface area contributed by atoms with Crippen molar-refractivity contribution in [2.45, 2.75) is 212 Å². The standard InChI is InChI=1S/C60H94N4/c1-41(2)17-13-21-45(9)25-29-49-53-33-35-55(61-53)50(30-26-46(10)22-14-18-42(3)4)57-37-39-59(63-57)52(32-28-48(12)24-16-20-44(7)8)60-40-38-58(64-60)51(56-36-34-54(49)62-56)31-27-47(11)23-15-19-43(5)6/h33-48,61,64H,13-32H2,1-12H3/t45-,46-,47-,48-/m1/s1. The lowest BCUT2D eigenvalue weighted by Gasteiger charge is -2.14. The monoisotopic (exact) mass is 871 g/mol. The first-order valence-corrected chi connectivity index (χ1v) is 26.8. The average molecular weight is 871 g/mol. The molecular formula is C60H94N4. The number of aromatic nitrogens is 4. The molecule has 0 fully saturated rings. The molecule has 4 heteroatoms. The minimum absolute atomic E-state index is 0.673. The lowest BCUT2D eigenvalue weighted by Crippen LogP contribution is -2.02. The van der Waals surface area contributed by atoms with Crippen LogP contribution in [0.1, 0.15) is 231 Å². The van der Waals surface area contributed by atoms with Gasteiger partial charge in [0.05, 0.1) is 22.8 Å². The van der Waals surface area contributed by atoms with Crippen LogP contribution in [0.15, 0.2) is 24.3 Å². The first-order valence-electron chi connectivity index (χ1n) is 26.8. The van der Waals surface area contributed by atoms with Gasteiger partial charge in [-0.15, -0.1) is 0 Å². The number of hydrogen-bond acceptors (Lipinski definition) is 2. The maximum atomic E-state index is 5.61. The van der Waals surface area contributed by atoms with Gasteiger partial charge in [-0.3, -0.25) is 0 Å². The van der Waals surface area contributed by atoms with Crippen LogP contribution in [0.2, 0.25) is 0 Å². The highest BCUT2D eigenvalue weighted by atomic mass is 14.8. The Hall–Kier alpha value is -3.40. The third-order valence-corrected chi connectivity index (χ3v) is 14.7. The topological polar surface area (TPSA) is 57.4 Å². The molecule has 0 amide bonds. The van der Waals surface area contributed by atoms with E-state index in [1.54, 1.807) is 0 Å². The Morgan fingerprint density at radius 3 is 0.734 bits per heavy atom. The van der Waals surface area contributed by atoms with Crippen LogP contribution in [-0.4, -0.2) is 19.9 Å². The SMILES string of the molecule is CC(C)CCC[C@@H](C)CCc1c2nc(c(CC[C@H](C)CCCC(C)C)c3ccc([nH]3)c(CC[C@H](C)CCCC(C)C)c3nc(c(CC[C@H](C)CCCC(C)C)c4ccc1[nH]4)C=C3)C=C2. The molecule has 0 saturated heterocycles. The molecule has 5 rings (SSSR count). The number of hydrogen-bond donors (Lipinski definition) is 2. The van der Waals surface area contributed by atoms with Gasteiger partial charge in [-0.25, -0.2) is 9.97 Å². The van der Waals surface area contributed by atoms with Crippen molar-refractivity contribution in [2.24, 2.45) is 47.3 Å². The van der Waals surface area contributed by atoms with Gasteiger partial charge in [-0.05, 0) is 147 Å². The summed E-state index contributed by atoms with van der Waals surface area (Å²) >= 11 is 0. The second-order valence-electron chi connectivity index (χ2n) is 22.8. The molecule has 0 aliphatic carbocycles. The number of fused-ring (bicyclic) bond motifs is 8. The Balaban J connectivity index is 1.67. The summed E-state index contributed by atoms with van der Waals surface area (Å²) in [6, 6.07) is 9.42. The highest BCUT2D eigenvalue weighted by molar-refractivity contribution is 5.83. The first-order chi connectivity index (χ1) is 30.7. The molecule has 4 nitrogen and oxygen atoms in total. The van der Waals surface area contributed by atoms with E-state index < -0.39 is 0 Å². The van der Waals surface area contributed by atoms with Gasteiger partial charge in [0.15, 0.2) is 0 Å². The molecule has 3 aromatic heterocycles. The van der Waals surface area contributed by atoms with E-state index in [4.69, 9.17) is 9.97 Å². The van der Waals surface area contributed by atoms with Gasteiger partial charge in [0.1, 0.15) is 0 Å². The molecular weight excluding hydrogens is 777 g/mol. The Morgan fingerprint density at radius 1 is 0.312 bits per heavy atom. The van der Waals surface area contributed by atoms with Crippen LogP contribution in [0.5, 0.6) is 0 Å². The molecule has 0 aromatic carbocycles. The van der Waals surface area contributed by atoms with Crippen molar-refractivity contribution in [1.29, 1.82) is 0 Å². The molecule has 4 atom stereocenters. The van der Waals surface area contributed by atoms with Crippen LogP contribution in [0.25, 0.3) is 46.4 Å². The lowest BCUT2D eigenvalue weighted by atomic mass is 9.94. The van der Waals surface area contributed by atoms with E-state index in [9.17, 15) is 0 Å². The van der Waals surface area contributed by atoms with Gasteiger partial charge in [-0.2, -0.15) is 0 Å². The van der Waals surface area contributed by atoms with Crippen LogP contribution < -0.4 is 0 Å². The number of aromatic amines is 2. The molecule has 3 aromatic rings. The van der Waals surface area contributed by atoms with Crippen molar-refractivity contribution >= 4 is 46.4 Å². The van der Waals surface area contributed by atoms with E-state index >= 15 is 0 Å². The molecule has 2 N–H and O–H groups in total. The Morgan fingerprint density at radius 2 is 0.531 bits per heavy atom. The zero-order chi connectivity index (χ0) is 46.2. The average Bonchev–Trinajstić information content (AvgIpc) is 4.07. The Bertz CT molecular complexity index is 1800. The fourth-order valence-corrected chi connectivity index (χ4v) is 10.1. The lowest BCUT2D eigenvalue weighted by molar-refractivity contribution is 0.437. The molecule has 5 heterocycles. The summed E-state index contributed by atoms with van der Waals surface area (Å²) in [4.78, 5) is 19.3. The molecule has 0 saturated carbocycles. The maximum absolute atomic E-state index is 5.61. The minimum Gasteiger partial charge on any atom is -0.355 e. The summed E-state index contributed by atoms with van der Waals surface area (Å²) in [5.41, 5.74) is 14.8. The molecule has 8 bridgehead atoms. The van der Waals surface area contributed by atoms with E-state index in [0.717, 1.165) is 72.1 Å². The molecule has 0 spiro atoms. The second kappa shape index (κ2) is 26.1. The quantitative estimate of drug-likeness (QED) is 0.0526. The summed E-state index contributed by atoms with van der Waals surface area (Å²) < 4.78 is 0. The van der Waals surface area contributed by atoms with Gasteiger partial charge < -0.3 is 9.97 Å². The van der Waals surface area contributed by atoms with E-state index in [1.165, 1.54) is 147 Å². The van der Waals surface area contributed by atoms with Crippen molar-refractivity contribution in [3.8, 4) is 0 Å². The number of H-pyrrole nitrogens is 2. The van der Waals surface area contributed by atoms with Crippen LogP contribution in [-0.2, 0) is 25.7 Å². The van der Waals surface area contributed by atoms with Gasteiger partial charge in [0, 0.05) is 44.3 Å². The molecule has 64 heavy (non-hydrogen) atoms. The van der Waals surface area contributed by atoms with Crippen molar-refractivity contribution in [3.05, 3.63) is 69.3 Å². The smallest absolute Gasteiger partial charge is 0.0690 e. The molecule has 2 aliphatic heterocycles. The van der Waals surface area contributed by atoms with Gasteiger partial charge in [-0.1, -0.05) is 160 Å². The predicted octanol–water partition coefficient (Wildman–Crippen LogP) is 18.2. The fourth-order valence-electron chi connectivity index (χ4n) is 10.1. The third kappa shape index (κ3) is 16.5. The molecule has 0 radical (unpaired) electrons. The van der Waals surface area contributed by atoms with Gasteiger partial charge in [0.2, 0.25) is 0 Å². The number of rotatable bonds is 28. The van der Waals surface area contributed by atoms with E-state index in [1.807, 2.05) is 0 Å². The second-order valence-corrected chi connectivity index (χ2v) is 22.8. The fraction of sp³-hybridized carbons (Fsp3) is 0.667. The van der Waals surface area contributed by atoms with Crippen molar-refractivity contribution in [1.82, 2.24) is 19.9 Å². The summed E-state index contributed by atoms with van der Waals surface area (Å²) in [6.07, 6.45) is 33.7. The highest BCUT2D eigenvalue weighted by Crippen LogP contribution is 2.32. The predicted molar refractivity (Wildman–Crippen MR) is 284 cm³/mol. The summed E-state index contributed by atoms with van der Waals surface area (Å²) in [5.74, 6) is 5.76. The van der Waals surface area contributed by atoms with Gasteiger partial charge >= 0.3 is 0 Å². The van der Waals surface area contributed by atoms with Crippen molar-refractivity contribution in [2.75, 3.05) is 0 Å². The van der Waals surface area contributed by atoms with Crippen LogP contribution >= 0.6 is 0 Å². The summed E-state index contributed by atoms with van der Waals surface area (Å²) in [6.45, 7) is 28.7. The summed E-state index contributed by atoms with van der Waals surface area (Å²) in [7, 11) is 0. The number of nitrogens with one attached hydrogen (secondary N) is 2. The van der Waals surface area contributed by atoms with Crippen LogP contribution in [0.3, 0.4) is 0 Å². The Kier molecular flexibility index (Phi) is 21.0. The zero-order valence-corrected chi connectivity index (χ0v) is 43.3. The van der Waals surface area contributed by atoms with Crippen LogP contribution in [0, 0.1) is 47.3 Å². The zero-order valence-electron chi connectivity index (χ0n) is 43.3. The largest absolute Gasteiger partial charge is 0.355 e. The van der Waals surface area contributed by atoms with Crippen molar-refractivity contribution < 1.29 is 0 Å². The number of aryl methyl sites for hydroxylation is 4. The summed E-state index contributed by atoms with van der Waals surface area (Å²) in [5, 5.41) is 0. The van der Waals surface area contributed by atoms with Gasteiger partial charge in [0.25, 0.3) is 0 Å². The normalized spacial score (nSPS) is 14.8. The third-order valence-electron chi connectivity index (χ3n) is 14.7. The molecule has 2 aliphatic rings. The molecule has 0 unspecified atom stereocenters. The maximum Gasteiger partial charge on any atom is 0.0690 e. The minimum atomic E-state index is 0.673. The van der Waals surface area contributed by atoms with Crippen LogP contribution in [0.4, 0.5) is 0 Å². The first kappa shape index (κ1) is 51.6. The van der Waals surface area contributed by atoms with Crippen molar-refractivity contribution in [3.63, 3.8) is 0 Å². The van der Waals surface area contributed by atoms with E-state index in [2.05, 4.69) is 142 Å². The highest BCUT2D eigenvalue weighted by Gasteiger charge is 2.19. The number of nitrogens with zero attached hydrogens (tertiary/aromatic N) is 2.